The molecule has 2 aliphatic heterocycles. The normalized spacial score (nSPS) is 25.7. The van der Waals surface area contributed by atoms with Gasteiger partial charge in [0.15, 0.2) is 0 Å². The zero-order valence-corrected chi connectivity index (χ0v) is 18.1. The molecule has 0 aromatic heterocycles. The summed E-state index contributed by atoms with van der Waals surface area (Å²) >= 11 is 8.62. The van der Waals surface area contributed by atoms with E-state index in [2.05, 4.69) is 56.3 Å². The average molecular weight is 492 g/mol. The maximum atomic E-state index is 11.2. The van der Waals surface area contributed by atoms with E-state index in [0.717, 1.165) is 60.8 Å². The molecular weight excluding hydrogens is 465 g/mol. The van der Waals surface area contributed by atoms with Crippen LogP contribution in [0, 0.1) is 3.57 Å². The number of nitrogens with one attached hydrogen (secondary N) is 2. The van der Waals surface area contributed by atoms with Crippen molar-refractivity contribution in [1.29, 1.82) is 0 Å². The summed E-state index contributed by atoms with van der Waals surface area (Å²) in [7, 11) is 0. The Morgan fingerprint density at radius 1 is 1.42 bits per heavy atom. The van der Waals surface area contributed by atoms with Crippen molar-refractivity contribution in [1.82, 2.24) is 15.5 Å². The fourth-order valence-corrected chi connectivity index (χ4v) is 4.37. The summed E-state index contributed by atoms with van der Waals surface area (Å²) in [5.41, 5.74) is 1.24. The first-order chi connectivity index (χ1) is 12.5. The van der Waals surface area contributed by atoms with Crippen LogP contribution in [-0.4, -0.2) is 62.3 Å². The number of carbonyl (C=O) groups excluding carboxylic acids is 1. The van der Waals surface area contributed by atoms with Gasteiger partial charge in [-0.3, -0.25) is 4.79 Å². The largest absolute Gasteiger partial charge is 0.375 e. The van der Waals surface area contributed by atoms with E-state index in [0.29, 0.717) is 12.0 Å². The molecule has 0 aliphatic carbocycles. The van der Waals surface area contributed by atoms with Gasteiger partial charge in [-0.2, -0.15) is 0 Å². The molecule has 2 saturated heterocycles. The summed E-state index contributed by atoms with van der Waals surface area (Å²) in [6, 6.07) is 6.65. The fourth-order valence-electron chi connectivity index (χ4n) is 3.84. The average Bonchev–Trinajstić information content (AvgIpc) is 2.84. The number of carbonyl (C=O) groups is 1. The quantitative estimate of drug-likeness (QED) is 0.636. The Bertz CT molecular complexity index is 623. The number of hydrogen-bond acceptors (Lipinski definition) is 4. The maximum Gasteiger partial charge on any atom is 0.217 e. The predicted octanol–water partition coefficient (Wildman–Crippen LogP) is 2.62. The van der Waals surface area contributed by atoms with E-state index < -0.39 is 0 Å². The number of nitrogens with zero attached hydrogens (tertiary/aromatic N) is 1. The minimum absolute atomic E-state index is 0.0669. The molecule has 0 unspecified atom stereocenters. The molecular formula is C19H27ClIN3O2. The van der Waals surface area contributed by atoms with E-state index in [-0.39, 0.29) is 12.0 Å². The van der Waals surface area contributed by atoms with Crippen LogP contribution in [0.1, 0.15) is 31.2 Å². The molecule has 1 amide bonds. The van der Waals surface area contributed by atoms with Gasteiger partial charge in [0.25, 0.3) is 0 Å². The van der Waals surface area contributed by atoms with Crippen molar-refractivity contribution in [3.8, 4) is 0 Å². The SMILES string of the molecule is CC(=O)NC1CCN(C[C@@H]2OCCNC[C@H]2c2ccc(I)c(Cl)c2)CC1. The molecule has 5 nitrogen and oxygen atoms in total. The highest BCUT2D eigenvalue weighted by molar-refractivity contribution is 14.1. The topological polar surface area (TPSA) is 53.6 Å². The number of ether oxygens (including phenoxy) is 1. The van der Waals surface area contributed by atoms with Crippen LogP contribution >= 0.6 is 34.2 Å². The van der Waals surface area contributed by atoms with E-state index in [4.69, 9.17) is 16.3 Å². The van der Waals surface area contributed by atoms with Gasteiger partial charge in [0.1, 0.15) is 0 Å². The Morgan fingerprint density at radius 3 is 2.88 bits per heavy atom. The van der Waals surface area contributed by atoms with E-state index in [9.17, 15) is 4.79 Å². The number of hydrogen-bond donors (Lipinski definition) is 2. The summed E-state index contributed by atoms with van der Waals surface area (Å²) in [5, 5.41) is 7.34. The second kappa shape index (κ2) is 9.68. The van der Waals surface area contributed by atoms with Crippen molar-refractivity contribution < 1.29 is 9.53 Å². The molecule has 1 aromatic carbocycles. The predicted molar refractivity (Wildman–Crippen MR) is 113 cm³/mol. The third kappa shape index (κ3) is 5.55. The van der Waals surface area contributed by atoms with Crippen LogP contribution in [0.4, 0.5) is 0 Å². The van der Waals surface area contributed by atoms with Gasteiger partial charge in [-0.15, -0.1) is 0 Å². The summed E-state index contributed by atoms with van der Waals surface area (Å²) in [6.45, 7) is 7.04. The summed E-state index contributed by atoms with van der Waals surface area (Å²) in [5.74, 6) is 0.359. The number of amides is 1. The Morgan fingerprint density at radius 2 is 2.19 bits per heavy atom. The van der Waals surface area contributed by atoms with Gasteiger partial charge in [0.05, 0.1) is 17.7 Å². The minimum atomic E-state index is 0.0669. The highest BCUT2D eigenvalue weighted by Crippen LogP contribution is 2.29. The van der Waals surface area contributed by atoms with Crippen molar-refractivity contribution in [3.63, 3.8) is 0 Å². The Kier molecular flexibility index (Phi) is 7.57. The minimum Gasteiger partial charge on any atom is -0.375 e. The monoisotopic (exact) mass is 491 g/mol. The van der Waals surface area contributed by atoms with Crippen LogP contribution in [0.15, 0.2) is 18.2 Å². The molecule has 2 fully saturated rings. The lowest BCUT2D eigenvalue weighted by molar-refractivity contribution is -0.120. The molecule has 1 aromatic rings. The van der Waals surface area contributed by atoms with Crippen LogP contribution in [0.3, 0.4) is 0 Å². The molecule has 2 heterocycles. The Hall–Kier alpha value is -0.410. The number of benzene rings is 1. The van der Waals surface area contributed by atoms with Crippen molar-refractivity contribution in [2.45, 2.75) is 37.8 Å². The van der Waals surface area contributed by atoms with E-state index in [1.165, 1.54) is 5.56 Å². The molecule has 0 radical (unpaired) electrons. The van der Waals surface area contributed by atoms with Crippen LogP contribution in [-0.2, 0) is 9.53 Å². The second-order valence-electron chi connectivity index (χ2n) is 7.17. The highest BCUT2D eigenvalue weighted by atomic mass is 127. The van der Waals surface area contributed by atoms with Gasteiger partial charge < -0.3 is 20.3 Å². The molecule has 2 N–H and O–H groups in total. The third-order valence-electron chi connectivity index (χ3n) is 5.23. The molecule has 0 spiro atoms. The first-order valence-corrected chi connectivity index (χ1v) is 10.8. The third-order valence-corrected chi connectivity index (χ3v) is 6.80. The van der Waals surface area contributed by atoms with E-state index >= 15 is 0 Å². The van der Waals surface area contributed by atoms with E-state index in [1.54, 1.807) is 6.92 Å². The maximum absolute atomic E-state index is 11.2. The highest BCUT2D eigenvalue weighted by Gasteiger charge is 2.30. The fraction of sp³-hybridized carbons (Fsp3) is 0.632. The molecule has 2 atom stereocenters. The van der Waals surface area contributed by atoms with Gasteiger partial charge in [0.2, 0.25) is 5.91 Å². The van der Waals surface area contributed by atoms with Gasteiger partial charge in [-0.25, -0.2) is 0 Å². The van der Waals surface area contributed by atoms with Crippen LogP contribution in [0.5, 0.6) is 0 Å². The first-order valence-electron chi connectivity index (χ1n) is 9.29. The van der Waals surface area contributed by atoms with Gasteiger partial charge in [-0.1, -0.05) is 17.7 Å². The van der Waals surface area contributed by atoms with Crippen LogP contribution < -0.4 is 10.6 Å². The zero-order chi connectivity index (χ0) is 18.5. The number of piperidine rings is 1. The number of halogens is 2. The zero-order valence-electron chi connectivity index (χ0n) is 15.1. The lowest BCUT2D eigenvalue weighted by Gasteiger charge is -2.36. The van der Waals surface area contributed by atoms with Crippen LogP contribution in [0.2, 0.25) is 5.02 Å². The molecule has 144 valence electrons. The molecule has 0 bridgehead atoms. The van der Waals surface area contributed by atoms with Gasteiger partial charge in [0, 0.05) is 55.2 Å². The molecule has 7 heteroatoms. The second-order valence-corrected chi connectivity index (χ2v) is 8.74. The number of likely N-dealkylation sites (tertiary alicyclic amines) is 1. The smallest absolute Gasteiger partial charge is 0.217 e. The lowest BCUT2D eigenvalue weighted by Crippen LogP contribution is -2.47. The van der Waals surface area contributed by atoms with Crippen molar-refractivity contribution in [2.24, 2.45) is 0 Å². The molecule has 2 aliphatic rings. The van der Waals surface area contributed by atoms with E-state index in [1.807, 2.05) is 0 Å². The molecule has 3 rings (SSSR count). The number of rotatable bonds is 4. The lowest BCUT2D eigenvalue weighted by atomic mass is 9.92. The van der Waals surface area contributed by atoms with Gasteiger partial charge in [-0.05, 0) is 53.1 Å². The van der Waals surface area contributed by atoms with Crippen LogP contribution in [0.25, 0.3) is 0 Å². The molecule has 26 heavy (non-hydrogen) atoms. The summed E-state index contributed by atoms with van der Waals surface area (Å²) in [6.07, 6.45) is 2.16. The van der Waals surface area contributed by atoms with Crippen molar-refractivity contribution in [2.75, 3.05) is 39.3 Å². The van der Waals surface area contributed by atoms with Gasteiger partial charge >= 0.3 is 0 Å². The summed E-state index contributed by atoms with van der Waals surface area (Å²) < 4.78 is 7.29. The molecule has 0 saturated carbocycles. The Labute approximate surface area is 174 Å². The standard InChI is InChI=1S/C19H27ClIN3O2/c1-13(25)23-15-4-7-24(8-5-15)12-19-16(11-22-6-9-26-19)14-2-3-18(21)17(20)10-14/h2-3,10,15-16,19,22H,4-9,11-12H2,1H3,(H,23,25)/t16-,19-/m0/s1. The summed E-state index contributed by atoms with van der Waals surface area (Å²) in [4.78, 5) is 13.7. The van der Waals surface area contributed by atoms with Crippen molar-refractivity contribution in [3.05, 3.63) is 32.4 Å². The van der Waals surface area contributed by atoms with Crippen molar-refractivity contribution >= 4 is 40.1 Å². The Balaban J connectivity index is 1.64. The first kappa shape index (κ1) is 20.3.